The summed E-state index contributed by atoms with van der Waals surface area (Å²) in [5, 5.41) is 9.53. The number of esters is 1. The second-order valence-electron chi connectivity index (χ2n) is 10.8. The summed E-state index contributed by atoms with van der Waals surface area (Å²) in [5.41, 5.74) is 0. The Bertz CT molecular complexity index is 800. The highest BCUT2D eigenvalue weighted by molar-refractivity contribution is 5.69. The van der Waals surface area contributed by atoms with Gasteiger partial charge in [0.15, 0.2) is 0 Å². The van der Waals surface area contributed by atoms with Crippen LogP contribution in [0.4, 0.5) is 0 Å². The van der Waals surface area contributed by atoms with E-state index in [1.54, 1.807) is 0 Å². The van der Waals surface area contributed by atoms with Crippen LogP contribution in [0.25, 0.3) is 0 Å². The molecule has 1 unspecified atom stereocenters. The number of aliphatic hydroxyl groups is 1. The molecular weight excluding hydrogens is 532 g/mol. The highest BCUT2D eigenvalue weighted by Gasteiger charge is 2.13. The maximum absolute atomic E-state index is 12.1. The highest BCUT2D eigenvalue weighted by atomic mass is 16.6. The summed E-state index contributed by atoms with van der Waals surface area (Å²) in [6.07, 6.45) is 49.1. The molecule has 0 amide bonds. The molecule has 0 fully saturated rings. The summed E-state index contributed by atoms with van der Waals surface area (Å²) in [6, 6.07) is 0. The van der Waals surface area contributed by atoms with Gasteiger partial charge >= 0.3 is 5.97 Å². The van der Waals surface area contributed by atoms with Crippen molar-refractivity contribution < 1.29 is 19.4 Å². The van der Waals surface area contributed by atoms with Crippen molar-refractivity contribution in [1.82, 2.24) is 0 Å². The third-order valence-corrected chi connectivity index (χ3v) is 6.72. The van der Waals surface area contributed by atoms with E-state index >= 15 is 0 Å². The summed E-state index contributed by atoms with van der Waals surface area (Å²) < 4.78 is 11.0. The first-order valence-corrected chi connectivity index (χ1v) is 17.2. The van der Waals surface area contributed by atoms with Crippen molar-refractivity contribution in [3.63, 3.8) is 0 Å². The van der Waals surface area contributed by atoms with Crippen LogP contribution in [0, 0.1) is 0 Å². The van der Waals surface area contributed by atoms with Crippen molar-refractivity contribution in [2.75, 3.05) is 19.8 Å². The molecule has 1 N–H and O–H groups in total. The summed E-state index contributed by atoms with van der Waals surface area (Å²) in [4.78, 5) is 12.1. The number of aliphatic hydroxyl groups excluding tert-OH is 1. The van der Waals surface area contributed by atoms with Gasteiger partial charge in [-0.3, -0.25) is 4.79 Å². The molecule has 0 aromatic heterocycles. The third kappa shape index (κ3) is 33.9. The normalized spacial score (nSPS) is 13.5. The Balaban J connectivity index is 3.60. The third-order valence-electron chi connectivity index (χ3n) is 6.72. The maximum atomic E-state index is 12.1. The van der Waals surface area contributed by atoms with Crippen LogP contribution in [-0.2, 0) is 14.3 Å². The largest absolute Gasteiger partial charge is 0.457 e. The molecule has 0 aliphatic rings. The number of rotatable bonds is 30. The topological polar surface area (TPSA) is 55.8 Å². The van der Waals surface area contributed by atoms with Crippen LogP contribution in [0.3, 0.4) is 0 Å². The van der Waals surface area contributed by atoms with Gasteiger partial charge in [-0.2, -0.15) is 0 Å². The molecule has 0 aromatic rings. The molecule has 0 heterocycles. The smallest absolute Gasteiger partial charge is 0.306 e. The van der Waals surface area contributed by atoms with E-state index in [9.17, 15) is 9.90 Å². The van der Waals surface area contributed by atoms with Gasteiger partial charge in [-0.1, -0.05) is 131 Å². The quantitative estimate of drug-likeness (QED) is 0.0509. The van der Waals surface area contributed by atoms with Gasteiger partial charge in [0.2, 0.25) is 0 Å². The summed E-state index contributed by atoms with van der Waals surface area (Å²) >= 11 is 0. The fourth-order valence-electron chi connectivity index (χ4n) is 4.23. The van der Waals surface area contributed by atoms with Crippen LogP contribution in [0.1, 0.15) is 129 Å². The Morgan fingerprint density at radius 2 is 0.977 bits per heavy atom. The summed E-state index contributed by atoms with van der Waals surface area (Å²) in [5.74, 6) is -0.235. The number of carbonyl (C=O) groups is 1. The number of carbonyl (C=O) groups excluding carboxylic acids is 1. The van der Waals surface area contributed by atoms with Gasteiger partial charge in [0.25, 0.3) is 0 Å². The molecule has 0 rings (SSSR count). The van der Waals surface area contributed by atoms with Crippen LogP contribution in [-0.4, -0.2) is 37.0 Å². The standard InChI is InChI=1S/C39H64O4/c1-3-5-7-9-11-13-15-17-19-20-21-22-24-26-28-30-32-34-39(41)43-38(36-40)37-42-35-33-31-29-27-25-23-18-16-14-12-10-8-6-4-2/h5-8,11-14,17-19,23,27,29,38,40H,3-4,9-10,15-16,20-22,24-26,28,30-37H2,1-2H3/b7-5-,8-6-,13-11-,14-12-,19-17-,23-18-,29-27-. The van der Waals surface area contributed by atoms with Crippen LogP contribution >= 0.6 is 0 Å². The lowest BCUT2D eigenvalue weighted by Gasteiger charge is -2.15. The van der Waals surface area contributed by atoms with E-state index in [-0.39, 0.29) is 19.2 Å². The number of unbranched alkanes of at least 4 members (excludes halogenated alkanes) is 8. The highest BCUT2D eigenvalue weighted by Crippen LogP contribution is 2.11. The van der Waals surface area contributed by atoms with Crippen LogP contribution in [0.2, 0.25) is 0 Å². The summed E-state index contributed by atoms with van der Waals surface area (Å²) in [7, 11) is 0. The Morgan fingerprint density at radius 3 is 1.47 bits per heavy atom. The molecule has 244 valence electrons. The molecule has 0 aliphatic heterocycles. The van der Waals surface area contributed by atoms with Crippen LogP contribution < -0.4 is 0 Å². The van der Waals surface area contributed by atoms with E-state index < -0.39 is 6.10 Å². The zero-order chi connectivity index (χ0) is 31.3. The zero-order valence-corrected chi connectivity index (χ0v) is 27.7. The Morgan fingerprint density at radius 1 is 0.558 bits per heavy atom. The van der Waals surface area contributed by atoms with Gasteiger partial charge in [0.1, 0.15) is 6.10 Å². The predicted octanol–water partition coefficient (Wildman–Crippen LogP) is 10.9. The lowest BCUT2D eigenvalue weighted by Crippen LogP contribution is -2.27. The predicted molar refractivity (Wildman–Crippen MR) is 186 cm³/mol. The molecule has 0 radical (unpaired) electrons. The van der Waals surface area contributed by atoms with E-state index in [0.29, 0.717) is 13.0 Å². The fourth-order valence-corrected chi connectivity index (χ4v) is 4.23. The molecule has 1 atom stereocenters. The molecular formula is C39H64O4. The van der Waals surface area contributed by atoms with Crippen molar-refractivity contribution in [2.45, 2.75) is 136 Å². The minimum Gasteiger partial charge on any atom is -0.457 e. The minimum absolute atomic E-state index is 0.203. The van der Waals surface area contributed by atoms with E-state index in [1.807, 2.05) is 0 Å². The van der Waals surface area contributed by atoms with Crippen molar-refractivity contribution in [3.8, 4) is 0 Å². The first-order valence-electron chi connectivity index (χ1n) is 17.2. The molecule has 43 heavy (non-hydrogen) atoms. The van der Waals surface area contributed by atoms with E-state index in [2.05, 4.69) is 98.9 Å². The molecule has 0 bridgehead atoms. The molecule has 0 saturated carbocycles. The van der Waals surface area contributed by atoms with Gasteiger partial charge in [-0.25, -0.2) is 0 Å². The van der Waals surface area contributed by atoms with E-state index in [1.165, 1.54) is 25.7 Å². The lowest BCUT2D eigenvalue weighted by molar-refractivity contribution is -0.154. The number of allylic oxidation sites excluding steroid dienone is 14. The molecule has 4 nitrogen and oxygen atoms in total. The molecule has 4 heteroatoms. The van der Waals surface area contributed by atoms with Crippen molar-refractivity contribution in [2.24, 2.45) is 0 Å². The Hall–Kier alpha value is -2.43. The maximum Gasteiger partial charge on any atom is 0.306 e. The lowest BCUT2D eigenvalue weighted by atomic mass is 10.1. The molecule has 0 aromatic carbocycles. The Labute approximate surface area is 265 Å². The van der Waals surface area contributed by atoms with Gasteiger partial charge in [0, 0.05) is 13.0 Å². The van der Waals surface area contributed by atoms with Gasteiger partial charge in [-0.15, -0.1) is 0 Å². The van der Waals surface area contributed by atoms with E-state index in [0.717, 1.165) is 83.5 Å². The van der Waals surface area contributed by atoms with Crippen molar-refractivity contribution in [1.29, 1.82) is 0 Å². The van der Waals surface area contributed by atoms with Crippen molar-refractivity contribution >= 4 is 5.97 Å². The first kappa shape index (κ1) is 40.6. The molecule has 0 saturated heterocycles. The summed E-state index contributed by atoms with van der Waals surface area (Å²) in [6.45, 7) is 4.95. The first-order chi connectivity index (χ1) is 21.2. The monoisotopic (exact) mass is 596 g/mol. The van der Waals surface area contributed by atoms with Crippen LogP contribution in [0.15, 0.2) is 85.1 Å². The minimum atomic E-state index is -0.571. The number of hydrogen-bond donors (Lipinski definition) is 1. The average Bonchev–Trinajstić information content (AvgIpc) is 3.01. The van der Waals surface area contributed by atoms with Gasteiger partial charge < -0.3 is 14.6 Å². The van der Waals surface area contributed by atoms with Crippen LogP contribution in [0.5, 0.6) is 0 Å². The van der Waals surface area contributed by atoms with Gasteiger partial charge in [0.05, 0.1) is 13.2 Å². The molecule has 0 spiro atoms. The van der Waals surface area contributed by atoms with Crippen molar-refractivity contribution in [3.05, 3.63) is 85.1 Å². The van der Waals surface area contributed by atoms with Gasteiger partial charge in [-0.05, 0) is 77.0 Å². The molecule has 0 aliphatic carbocycles. The second kappa shape index (κ2) is 35.8. The Kier molecular flexibility index (Phi) is 33.7. The number of ether oxygens (including phenoxy) is 2. The second-order valence-corrected chi connectivity index (χ2v) is 10.8. The zero-order valence-electron chi connectivity index (χ0n) is 27.7. The van der Waals surface area contributed by atoms with E-state index in [4.69, 9.17) is 9.47 Å². The number of hydrogen-bond acceptors (Lipinski definition) is 4. The average molecular weight is 597 g/mol. The fraction of sp³-hybridized carbons (Fsp3) is 0.615. The SMILES string of the molecule is CC/C=C\C/C=C\C/C=C\C/C=C\CCCOCC(CO)OC(=O)CCCCCCCCC/C=C\C/C=C\C/C=C\CC.